The van der Waals surface area contributed by atoms with Crippen molar-refractivity contribution in [2.75, 3.05) is 19.8 Å². The van der Waals surface area contributed by atoms with E-state index in [-0.39, 0.29) is 23.1 Å². The minimum Gasteiger partial charge on any atom is -0.480 e. The van der Waals surface area contributed by atoms with Crippen molar-refractivity contribution in [3.8, 4) is 0 Å². The summed E-state index contributed by atoms with van der Waals surface area (Å²) < 4.78 is 40.6. The van der Waals surface area contributed by atoms with E-state index in [2.05, 4.69) is 5.32 Å². The first kappa shape index (κ1) is 49.7. The molecule has 2 aromatic carbocycles. The van der Waals surface area contributed by atoms with Crippen LogP contribution in [0.2, 0.25) is 0 Å². The number of benzene rings is 2. The number of carbonyl (C=O) groups is 7. The highest BCUT2D eigenvalue weighted by Gasteiger charge is 2.78. The van der Waals surface area contributed by atoms with Gasteiger partial charge in [-0.2, -0.15) is 0 Å². The minimum atomic E-state index is -2.49. The molecule has 2 saturated carbocycles. The third-order valence-electron chi connectivity index (χ3n) is 13.3. The van der Waals surface area contributed by atoms with Crippen LogP contribution in [0.15, 0.2) is 71.8 Å². The maximum absolute atomic E-state index is 15.5. The lowest BCUT2D eigenvalue weighted by atomic mass is 9.44. The standard InChI is InChI=1S/C47H57NO18/c1-24-28(62-41(57)36(54)34(26-15-11-9-12-16-26)48-42(58)66-43(3,4)5)20-47(59)39(64-40(56)27-17-13-10-14-18-27)37-45(8,38(55)35(53)33(24)44(47,6)7)29(63-32(52)22-60-21-31(50)51)19-30-46(37,23-61-30)65-25(2)49/h9-18,28-30,34-37,39,53-54,59H,19-23H2,1-8H3,(H,48,58)(H,50,51)/t28-,29-,30+,34-,35+,36+,37-,39-,45+,46-,47+/m0/s1. The molecular weight excluding hydrogens is 867 g/mol. The molecule has 1 heterocycles. The maximum Gasteiger partial charge on any atom is 0.408 e. The van der Waals surface area contributed by atoms with Crippen molar-refractivity contribution in [1.82, 2.24) is 5.32 Å². The van der Waals surface area contributed by atoms with Crippen LogP contribution in [0.1, 0.15) is 90.2 Å². The molecule has 2 bridgehead atoms. The molecule has 2 aromatic rings. The molecule has 1 amide bonds. The van der Waals surface area contributed by atoms with Gasteiger partial charge in [0.15, 0.2) is 17.5 Å². The van der Waals surface area contributed by atoms with Gasteiger partial charge in [0.1, 0.15) is 54.9 Å². The largest absolute Gasteiger partial charge is 0.480 e. The van der Waals surface area contributed by atoms with Crippen LogP contribution in [0.4, 0.5) is 4.79 Å². The topological polar surface area (TPSA) is 277 Å². The number of hydrogen-bond donors (Lipinski definition) is 5. The van der Waals surface area contributed by atoms with Gasteiger partial charge in [-0.05, 0) is 63.5 Å². The molecule has 0 radical (unpaired) electrons. The second-order valence-electron chi connectivity index (χ2n) is 18.9. The number of aliphatic hydroxyl groups is 3. The number of carboxylic acid groups (broad SMARTS) is 1. The lowest BCUT2D eigenvalue weighted by Crippen LogP contribution is -2.82. The van der Waals surface area contributed by atoms with Crippen molar-refractivity contribution < 1.29 is 87.1 Å². The monoisotopic (exact) mass is 923 g/mol. The lowest BCUT2D eigenvalue weighted by molar-refractivity contribution is -0.346. The number of aliphatic carboxylic acids is 1. The van der Waals surface area contributed by atoms with E-state index in [0.717, 1.165) is 6.92 Å². The Bertz CT molecular complexity index is 2260. The first-order chi connectivity index (χ1) is 30.8. The molecule has 3 fully saturated rings. The number of carboxylic acids is 1. The molecule has 6 rings (SSSR count). The van der Waals surface area contributed by atoms with E-state index in [0.29, 0.717) is 5.56 Å². The number of aliphatic hydroxyl groups excluding tert-OH is 2. The quantitative estimate of drug-likeness (QED) is 0.110. The van der Waals surface area contributed by atoms with Gasteiger partial charge in [0.25, 0.3) is 0 Å². The van der Waals surface area contributed by atoms with Gasteiger partial charge in [-0.3, -0.25) is 9.59 Å². The molecule has 1 saturated heterocycles. The van der Waals surface area contributed by atoms with Crippen molar-refractivity contribution in [3.05, 3.63) is 82.9 Å². The number of hydrogen-bond acceptors (Lipinski definition) is 17. The third-order valence-corrected chi connectivity index (χ3v) is 13.3. The minimum absolute atomic E-state index is 0.00430. The van der Waals surface area contributed by atoms with Crippen molar-refractivity contribution >= 4 is 41.7 Å². The lowest BCUT2D eigenvalue weighted by Gasteiger charge is -2.67. The number of fused-ring (bicyclic) bond motifs is 5. The number of esters is 4. The summed E-state index contributed by atoms with van der Waals surface area (Å²) in [4.78, 5) is 94.7. The number of ether oxygens (including phenoxy) is 7. The van der Waals surface area contributed by atoms with Gasteiger partial charge in [-0.25, -0.2) is 24.0 Å². The Morgan fingerprint density at radius 3 is 2.11 bits per heavy atom. The second kappa shape index (κ2) is 18.5. The van der Waals surface area contributed by atoms with Gasteiger partial charge in [0, 0.05) is 25.2 Å². The number of rotatable bonds is 13. The molecule has 19 heteroatoms. The summed E-state index contributed by atoms with van der Waals surface area (Å²) in [5.41, 5.74) is -9.09. The number of Topliss-reactive ketones (excluding diaryl/α,β-unsaturated/α-hetero) is 1. The average molecular weight is 924 g/mol. The molecule has 3 aliphatic carbocycles. The number of nitrogens with one attached hydrogen (secondary N) is 1. The average Bonchev–Trinajstić information content (AvgIpc) is 3.23. The molecule has 4 aliphatic rings. The predicted molar refractivity (Wildman–Crippen MR) is 226 cm³/mol. The van der Waals surface area contributed by atoms with Crippen molar-refractivity contribution in [2.24, 2.45) is 16.7 Å². The maximum atomic E-state index is 15.5. The SMILES string of the molecule is CC(=O)O[C@@]12CO[C@@H]1C[C@H](OC(=O)COCC(=O)O)[C@@]1(C)C(=O)[C@H](O)C3=C(C)[C@@H](OC(=O)[C@H](O)[C@@H](NC(=O)OC(C)(C)C)c4ccccc4)C[C@@](O)([C@@H](OC(=O)c4ccccc4)[C@H]21)C3(C)C. The summed E-state index contributed by atoms with van der Waals surface area (Å²) in [6, 6.07) is 14.2. The Morgan fingerprint density at radius 1 is 0.924 bits per heavy atom. The first-order valence-corrected chi connectivity index (χ1v) is 21.4. The highest BCUT2D eigenvalue weighted by atomic mass is 16.6. The van der Waals surface area contributed by atoms with Crippen LogP contribution >= 0.6 is 0 Å². The molecule has 358 valence electrons. The molecule has 1 aliphatic heterocycles. The summed E-state index contributed by atoms with van der Waals surface area (Å²) in [5.74, 6) is -8.38. The molecule has 19 nitrogen and oxygen atoms in total. The van der Waals surface area contributed by atoms with Gasteiger partial charge in [0.2, 0.25) is 0 Å². The molecule has 0 aromatic heterocycles. The smallest absolute Gasteiger partial charge is 0.408 e. The van der Waals surface area contributed by atoms with E-state index in [1.54, 1.807) is 69.3 Å². The summed E-state index contributed by atoms with van der Waals surface area (Å²) in [6.45, 7) is 9.60. The number of carbonyl (C=O) groups excluding carboxylic acids is 6. The van der Waals surface area contributed by atoms with Crippen LogP contribution in [-0.4, -0.2) is 135 Å². The Hall–Kier alpha value is -5.73. The van der Waals surface area contributed by atoms with E-state index in [1.165, 1.54) is 39.8 Å². The van der Waals surface area contributed by atoms with Crippen LogP contribution < -0.4 is 5.32 Å². The van der Waals surface area contributed by atoms with Gasteiger partial charge < -0.3 is 58.9 Å². The van der Waals surface area contributed by atoms with E-state index in [1.807, 2.05) is 0 Å². The predicted octanol–water partition coefficient (Wildman–Crippen LogP) is 2.91. The zero-order chi connectivity index (χ0) is 48.7. The second-order valence-corrected chi connectivity index (χ2v) is 18.9. The van der Waals surface area contributed by atoms with Crippen molar-refractivity contribution in [2.45, 2.75) is 128 Å². The number of amides is 1. The van der Waals surface area contributed by atoms with Gasteiger partial charge in [-0.1, -0.05) is 62.4 Å². The molecule has 11 atom stereocenters. The highest BCUT2D eigenvalue weighted by Crippen LogP contribution is 2.64. The molecule has 66 heavy (non-hydrogen) atoms. The number of alkyl carbamates (subject to hydrolysis) is 1. The summed E-state index contributed by atoms with van der Waals surface area (Å²) >= 11 is 0. The van der Waals surface area contributed by atoms with Crippen LogP contribution in [-0.2, 0) is 57.1 Å². The summed E-state index contributed by atoms with van der Waals surface area (Å²) in [7, 11) is 0. The molecular formula is C47H57NO18. The fourth-order valence-electron chi connectivity index (χ4n) is 10.1. The van der Waals surface area contributed by atoms with Gasteiger partial charge in [0.05, 0.1) is 29.5 Å². The Labute approximate surface area is 380 Å². The fourth-order valence-corrected chi connectivity index (χ4v) is 10.1. The van der Waals surface area contributed by atoms with Crippen LogP contribution in [0.3, 0.4) is 0 Å². The summed E-state index contributed by atoms with van der Waals surface area (Å²) in [5, 5.41) is 49.5. The fraction of sp³-hybridized carbons (Fsp3) is 0.553. The third kappa shape index (κ3) is 9.18. The Balaban J connectivity index is 1.51. The van der Waals surface area contributed by atoms with E-state index < -0.39 is 144 Å². The van der Waals surface area contributed by atoms with Gasteiger partial charge >= 0.3 is 35.9 Å². The Kier molecular flexibility index (Phi) is 13.9. The molecule has 0 spiro atoms. The van der Waals surface area contributed by atoms with Crippen molar-refractivity contribution in [3.63, 3.8) is 0 Å². The van der Waals surface area contributed by atoms with Crippen molar-refractivity contribution in [1.29, 1.82) is 0 Å². The molecule has 5 N–H and O–H groups in total. The Morgan fingerprint density at radius 2 is 1.55 bits per heavy atom. The normalized spacial score (nSPS) is 30.9. The van der Waals surface area contributed by atoms with E-state index >= 15 is 4.79 Å². The van der Waals surface area contributed by atoms with Crippen LogP contribution in [0.5, 0.6) is 0 Å². The molecule has 0 unspecified atom stereocenters. The van der Waals surface area contributed by atoms with Crippen LogP contribution in [0.25, 0.3) is 0 Å². The van der Waals surface area contributed by atoms with Gasteiger partial charge in [-0.15, -0.1) is 0 Å². The van der Waals surface area contributed by atoms with E-state index in [9.17, 15) is 44.1 Å². The summed E-state index contributed by atoms with van der Waals surface area (Å²) in [6.07, 6.45) is -12.4. The highest BCUT2D eigenvalue weighted by molar-refractivity contribution is 5.94. The van der Waals surface area contributed by atoms with E-state index in [4.69, 9.17) is 38.3 Å². The zero-order valence-corrected chi connectivity index (χ0v) is 37.9. The zero-order valence-electron chi connectivity index (χ0n) is 37.9. The van der Waals surface area contributed by atoms with Crippen LogP contribution in [0, 0.1) is 16.7 Å². The number of ketones is 1. The first-order valence-electron chi connectivity index (χ1n) is 21.4.